The van der Waals surface area contributed by atoms with Crippen LogP contribution in [0, 0.1) is 0 Å². The zero-order valence-corrected chi connectivity index (χ0v) is 14.6. The van der Waals surface area contributed by atoms with Crippen LogP contribution in [0.3, 0.4) is 0 Å². The fraction of sp³-hybridized carbons (Fsp3) is 0.733. The standard InChI is InChI=1S/C15H25BrN2S/c1-15(2,18-8-5-4-6-9-18)14(17-3)11-13-12(16)7-10-19-13/h7,10,14,17H,4-6,8-9,11H2,1-3H3. The van der Waals surface area contributed by atoms with Crippen LogP contribution >= 0.6 is 27.3 Å². The Balaban J connectivity index is 2.08. The third-order valence-corrected chi connectivity index (χ3v) is 6.40. The summed E-state index contributed by atoms with van der Waals surface area (Å²) in [7, 11) is 2.10. The number of rotatable bonds is 5. The molecule has 4 heteroatoms. The van der Waals surface area contributed by atoms with Crippen molar-refractivity contribution in [3.8, 4) is 0 Å². The maximum Gasteiger partial charge on any atom is 0.0314 e. The minimum Gasteiger partial charge on any atom is -0.315 e. The monoisotopic (exact) mass is 344 g/mol. The second-order valence-corrected chi connectivity index (χ2v) is 7.79. The van der Waals surface area contributed by atoms with Crippen LogP contribution in [0.5, 0.6) is 0 Å². The van der Waals surface area contributed by atoms with E-state index in [0.717, 1.165) is 6.42 Å². The second-order valence-electron chi connectivity index (χ2n) is 5.94. The van der Waals surface area contributed by atoms with Gasteiger partial charge in [-0.05, 0) is 80.6 Å². The number of hydrogen-bond donors (Lipinski definition) is 1. The normalized spacial score (nSPS) is 19.6. The lowest BCUT2D eigenvalue weighted by Crippen LogP contribution is -2.59. The van der Waals surface area contributed by atoms with Crippen molar-refractivity contribution in [1.82, 2.24) is 10.2 Å². The highest BCUT2D eigenvalue weighted by atomic mass is 79.9. The molecule has 1 aliphatic rings. The molecular weight excluding hydrogens is 320 g/mol. The zero-order valence-electron chi connectivity index (χ0n) is 12.2. The quantitative estimate of drug-likeness (QED) is 0.871. The maximum absolute atomic E-state index is 3.66. The topological polar surface area (TPSA) is 15.3 Å². The van der Waals surface area contributed by atoms with Crippen molar-refractivity contribution in [3.05, 3.63) is 20.8 Å². The van der Waals surface area contributed by atoms with E-state index in [2.05, 4.69) is 58.5 Å². The molecule has 19 heavy (non-hydrogen) atoms. The SMILES string of the molecule is CNC(Cc1sccc1Br)C(C)(C)N1CCCCC1. The van der Waals surface area contributed by atoms with E-state index < -0.39 is 0 Å². The zero-order chi connectivity index (χ0) is 13.9. The molecule has 1 saturated heterocycles. The van der Waals surface area contributed by atoms with Gasteiger partial charge in [0, 0.05) is 20.9 Å². The molecule has 0 amide bonds. The lowest BCUT2D eigenvalue weighted by Gasteiger charge is -2.46. The van der Waals surface area contributed by atoms with Gasteiger partial charge in [-0.3, -0.25) is 4.90 Å². The first-order chi connectivity index (χ1) is 9.05. The van der Waals surface area contributed by atoms with Gasteiger partial charge in [0.15, 0.2) is 0 Å². The summed E-state index contributed by atoms with van der Waals surface area (Å²) in [6.45, 7) is 7.27. The molecule has 0 aliphatic carbocycles. The van der Waals surface area contributed by atoms with E-state index in [1.807, 2.05) is 11.3 Å². The predicted molar refractivity (Wildman–Crippen MR) is 88.1 cm³/mol. The third-order valence-electron chi connectivity index (χ3n) is 4.45. The number of nitrogens with one attached hydrogen (secondary N) is 1. The van der Waals surface area contributed by atoms with Crippen LogP contribution in [0.1, 0.15) is 38.0 Å². The fourth-order valence-corrected chi connectivity index (χ4v) is 4.61. The molecule has 2 heterocycles. The molecule has 1 aliphatic heterocycles. The number of piperidine rings is 1. The Morgan fingerprint density at radius 1 is 1.37 bits per heavy atom. The molecule has 1 aromatic rings. The van der Waals surface area contributed by atoms with Gasteiger partial charge >= 0.3 is 0 Å². The van der Waals surface area contributed by atoms with Crippen molar-refractivity contribution in [2.45, 2.75) is 51.1 Å². The van der Waals surface area contributed by atoms with Crippen molar-refractivity contribution < 1.29 is 0 Å². The van der Waals surface area contributed by atoms with Crippen LogP contribution in [-0.4, -0.2) is 36.6 Å². The molecule has 2 rings (SSSR count). The fourth-order valence-electron chi connectivity index (χ4n) is 3.05. The van der Waals surface area contributed by atoms with Gasteiger partial charge in [0.2, 0.25) is 0 Å². The first kappa shape index (κ1) is 15.5. The van der Waals surface area contributed by atoms with Gasteiger partial charge in [0.25, 0.3) is 0 Å². The van der Waals surface area contributed by atoms with Crippen molar-refractivity contribution in [2.24, 2.45) is 0 Å². The summed E-state index contributed by atoms with van der Waals surface area (Å²) in [5, 5.41) is 5.72. The van der Waals surface area contributed by atoms with Gasteiger partial charge < -0.3 is 5.32 Å². The molecule has 1 unspecified atom stereocenters. The van der Waals surface area contributed by atoms with E-state index in [-0.39, 0.29) is 5.54 Å². The van der Waals surface area contributed by atoms with E-state index >= 15 is 0 Å². The molecule has 1 atom stereocenters. The van der Waals surface area contributed by atoms with Crippen LogP contribution in [0.4, 0.5) is 0 Å². The summed E-state index contributed by atoms with van der Waals surface area (Å²) < 4.78 is 1.26. The molecular formula is C15H25BrN2S. The number of halogens is 1. The Bertz CT molecular complexity index is 397. The molecule has 0 aromatic carbocycles. The second kappa shape index (κ2) is 6.70. The van der Waals surface area contributed by atoms with E-state index in [1.54, 1.807) is 0 Å². The average molecular weight is 345 g/mol. The molecule has 0 spiro atoms. The third kappa shape index (κ3) is 3.60. The summed E-state index contributed by atoms with van der Waals surface area (Å²) in [4.78, 5) is 4.11. The van der Waals surface area contributed by atoms with Crippen LogP contribution in [0.25, 0.3) is 0 Å². The molecule has 1 aromatic heterocycles. The van der Waals surface area contributed by atoms with Gasteiger partial charge in [-0.15, -0.1) is 11.3 Å². The van der Waals surface area contributed by atoms with Crippen LogP contribution in [-0.2, 0) is 6.42 Å². The molecule has 2 nitrogen and oxygen atoms in total. The minimum atomic E-state index is 0.207. The Kier molecular flexibility index (Phi) is 5.46. The number of hydrogen-bond acceptors (Lipinski definition) is 3. The van der Waals surface area contributed by atoms with Crippen molar-refractivity contribution in [3.63, 3.8) is 0 Å². The van der Waals surface area contributed by atoms with Crippen molar-refractivity contribution in [1.29, 1.82) is 0 Å². The molecule has 0 radical (unpaired) electrons. The van der Waals surface area contributed by atoms with Crippen LogP contribution < -0.4 is 5.32 Å². The summed E-state index contributed by atoms with van der Waals surface area (Å²) in [6, 6.07) is 2.64. The summed E-state index contributed by atoms with van der Waals surface area (Å²) in [5.74, 6) is 0. The largest absolute Gasteiger partial charge is 0.315 e. The minimum absolute atomic E-state index is 0.207. The van der Waals surface area contributed by atoms with Crippen LogP contribution in [0.15, 0.2) is 15.9 Å². The number of likely N-dealkylation sites (tertiary alicyclic amines) is 1. The van der Waals surface area contributed by atoms with Gasteiger partial charge in [-0.25, -0.2) is 0 Å². The van der Waals surface area contributed by atoms with Gasteiger partial charge in [-0.2, -0.15) is 0 Å². The average Bonchev–Trinajstić information content (AvgIpc) is 2.82. The lowest BCUT2D eigenvalue weighted by molar-refractivity contribution is 0.0637. The molecule has 108 valence electrons. The van der Waals surface area contributed by atoms with Gasteiger partial charge in [0.1, 0.15) is 0 Å². The Morgan fingerprint density at radius 3 is 2.58 bits per heavy atom. The summed E-state index contributed by atoms with van der Waals surface area (Å²) in [5.41, 5.74) is 0.207. The highest BCUT2D eigenvalue weighted by Gasteiger charge is 2.35. The molecule has 1 N–H and O–H groups in total. The lowest BCUT2D eigenvalue weighted by atomic mass is 9.87. The van der Waals surface area contributed by atoms with E-state index in [1.165, 1.54) is 41.7 Å². The Labute approximate surface area is 129 Å². The molecule has 0 bridgehead atoms. The van der Waals surface area contributed by atoms with Crippen LogP contribution in [0.2, 0.25) is 0 Å². The summed E-state index contributed by atoms with van der Waals surface area (Å²) >= 11 is 5.51. The van der Waals surface area contributed by atoms with Gasteiger partial charge in [-0.1, -0.05) is 6.42 Å². The highest BCUT2D eigenvalue weighted by molar-refractivity contribution is 9.10. The smallest absolute Gasteiger partial charge is 0.0314 e. The predicted octanol–water partition coefficient (Wildman–Crippen LogP) is 3.91. The van der Waals surface area contributed by atoms with E-state index in [4.69, 9.17) is 0 Å². The number of thiophene rings is 1. The highest BCUT2D eigenvalue weighted by Crippen LogP contribution is 2.30. The Morgan fingerprint density at radius 2 is 2.05 bits per heavy atom. The first-order valence-electron chi connectivity index (χ1n) is 7.20. The Hall–Kier alpha value is 0.1000. The summed E-state index contributed by atoms with van der Waals surface area (Å²) in [6.07, 6.45) is 5.19. The maximum atomic E-state index is 3.66. The first-order valence-corrected chi connectivity index (χ1v) is 8.87. The van der Waals surface area contributed by atoms with Crippen molar-refractivity contribution >= 4 is 27.3 Å². The van der Waals surface area contributed by atoms with E-state index in [9.17, 15) is 0 Å². The molecule has 0 saturated carbocycles. The van der Waals surface area contributed by atoms with E-state index in [0.29, 0.717) is 6.04 Å². The van der Waals surface area contributed by atoms with Gasteiger partial charge in [0.05, 0.1) is 0 Å². The van der Waals surface area contributed by atoms with Crippen molar-refractivity contribution in [2.75, 3.05) is 20.1 Å². The molecule has 1 fully saturated rings. The number of likely N-dealkylation sites (N-methyl/N-ethyl adjacent to an activating group) is 1. The number of nitrogens with zero attached hydrogens (tertiary/aromatic N) is 1.